The van der Waals surface area contributed by atoms with Gasteiger partial charge in [0.1, 0.15) is 10.6 Å². The largest absolute Gasteiger partial charge is 0.489 e. The minimum Gasteiger partial charge on any atom is -0.489 e. The molecule has 1 aromatic heterocycles. The summed E-state index contributed by atoms with van der Waals surface area (Å²) >= 11 is 0. The lowest BCUT2D eigenvalue weighted by molar-refractivity contribution is 0.294. The number of ether oxygens (including phenoxy) is 1. The lowest BCUT2D eigenvalue weighted by Gasteiger charge is -2.10. The standard InChI is InChI=1S/C10H14N2O3S/c1-2-7-5-9(15-8-3-4-8)10(6-12-7)16(11,13)14/h5-6,8H,2-4H2,1H3,(H2,11,13,14). The third kappa shape index (κ3) is 2.51. The molecule has 2 rings (SSSR count). The maximum atomic E-state index is 11.3. The number of aryl methyl sites for hydroxylation is 1. The van der Waals surface area contributed by atoms with Gasteiger partial charge in [0.15, 0.2) is 0 Å². The molecular formula is C10H14N2O3S. The second-order valence-electron chi connectivity index (χ2n) is 3.84. The summed E-state index contributed by atoms with van der Waals surface area (Å²) in [5.74, 6) is 0.330. The van der Waals surface area contributed by atoms with Crippen molar-refractivity contribution in [3.05, 3.63) is 18.0 Å². The normalized spacial score (nSPS) is 16.1. The quantitative estimate of drug-likeness (QED) is 0.847. The summed E-state index contributed by atoms with van der Waals surface area (Å²) < 4.78 is 28.2. The van der Waals surface area contributed by atoms with Gasteiger partial charge in [0, 0.05) is 11.8 Å². The van der Waals surface area contributed by atoms with Crippen molar-refractivity contribution in [2.45, 2.75) is 37.2 Å². The number of nitrogens with two attached hydrogens (primary N) is 1. The van der Waals surface area contributed by atoms with Gasteiger partial charge in [0.05, 0.1) is 12.3 Å². The van der Waals surface area contributed by atoms with E-state index in [0.29, 0.717) is 5.75 Å². The van der Waals surface area contributed by atoms with Crippen molar-refractivity contribution < 1.29 is 13.2 Å². The minimum atomic E-state index is -3.76. The SMILES string of the molecule is CCc1cc(OC2CC2)c(S(N)(=O)=O)cn1. The molecule has 1 aliphatic carbocycles. The van der Waals surface area contributed by atoms with E-state index in [-0.39, 0.29) is 11.0 Å². The smallest absolute Gasteiger partial charge is 0.243 e. The van der Waals surface area contributed by atoms with E-state index in [0.717, 1.165) is 25.0 Å². The third-order valence-electron chi connectivity index (χ3n) is 2.37. The maximum absolute atomic E-state index is 11.3. The van der Waals surface area contributed by atoms with E-state index >= 15 is 0 Å². The first kappa shape index (κ1) is 11.3. The van der Waals surface area contributed by atoms with Crippen molar-refractivity contribution in [2.24, 2.45) is 5.14 Å². The zero-order valence-corrected chi connectivity index (χ0v) is 9.83. The van der Waals surface area contributed by atoms with Gasteiger partial charge in [0.2, 0.25) is 10.0 Å². The van der Waals surface area contributed by atoms with E-state index < -0.39 is 10.0 Å². The first-order valence-electron chi connectivity index (χ1n) is 5.19. The highest BCUT2D eigenvalue weighted by molar-refractivity contribution is 7.89. The van der Waals surface area contributed by atoms with Gasteiger partial charge < -0.3 is 4.74 Å². The van der Waals surface area contributed by atoms with Gasteiger partial charge in [-0.05, 0) is 19.3 Å². The molecule has 5 nitrogen and oxygen atoms in total. The van der Waals surface area contributed by atoms with Gasteiger partial charge in [0.25, 0.3) is 0 Å². The lowest BCUT2D eigenvalue weighted by atomic mass is 10.3. The van der Waals surface area contributed by atoms with Gasteiger partial charge in [-0.3, -0.25) is 4.98 Å². The molecule has 1 aliphatic rings. The van der Waals surface area contributed by atoms with Crippen LogP contribution in [0.3, 0.4) is 0 Å². The minimum absolute atomic E-state index is 0.0309. The highest BCUT2D eigenvalue weighted by Gasteiger charge is 2.27. The highest BCUT2D eigenvalue weighted by Crippen LogP contribution is 2.31. The Labute approximate surface area is 94.7 Å². The number of pyridine rings is 1. The number of rotatable bonds is 4. The van der Waals surface area contributed by atoms with Gasteiger partial charge in [-0.25, -0.2) is 13.6 Å². The molecule has 0 saturated heterocycles. The maximum Gasteiger partial charge on any atom is 0.243 e. The molecule has 1 saturated carbocycles. The molecule has 2 N–H and O–H groups in total. The van der Waals surface area contributed by atoms with Crippen LogP contribution in [-0.2, 0) is 16.4 Å². The van der Waals surface area contributed by atoms with Crippen molar-refractivity contribution >= 4 is 10.0 Å². The molecule has 1 aromatic rings. The van der Waals surface area contributed by atoms with Crippen molar-refractivity contribution in [3.8, 4) is 5.75 Å². The van der Waals surface area contributed by atoms with E-state index in [9.17, 15) is 8.42 Å². The first-order chi connectivity index (χ1) is 7.50. The molecule has 0 amide bonds. The molecule has 0 spiro atoms. The molecule has 16 heavy (non-hydrogen) atoms. The summed E-state index contributed by atoms with van der Waals surface area (Å²) in [4.78, 5) is 3.98. The molecule has 1 fully saturated rings. The number of nitrogens with zero attached hydrogens (tertiary/aromatic N) is 1. The van der Waals surface area contributed by atoms with Crippen LogP contribution in [-0.4, -0.2) is 19.5 Å². The molecule has 6 heteroatoms. The predicted molar refractivity (Wildman–Crippen MR) is 58.6 cm³/mol. The Bertz CT molecular complexity index is 495. The van der Waals surface area contributed by atoms with E-state index in [1.54, 1.807) is 6.07 Å². The monoisotopic (exact) mass is 242 g/mol. The predicted octanol–water partition coefficient (Wildman–Crippen LogP) is 0.833. The van der Waals surface area contributed by atoms with Crippen LogP contribution in [0, 0.1) is 0 Å². The second kappa shape index (κ2) is 4.03. The zero-order valence-electron chi connectivity index (χ0n) is 9.01. The molecule has 0 atom stereocenters. The van der Waals surface area contributed by atoms with Crippen LogP contribution in [0.1, 0.15) is 25.5 Å². The molecule has 0 aliphatic heterocycles. The Morgan fingerprint density at radius 2 is 2.25 bits per heavy atom. The van der Waals surface area contributed by atoms with Crippen LogP contribution < -0.4 is 9.88 Å². The summed E-state index contributed by atoms with van der Waals surface area (Å²) in [5.41, 5.74) is 0.794. The molecule has 0 radical (unpaired) electrons. The van der Waals surface area contributed by atoms with Gasteiger partial charge >= 0.3 is 0 Å². The van der Waals surface area contributed by atoms with Gasteiger partial charge in [-0.2, -0.15) is 0 Å². The Morgan fingerprint density at radius 3 is 2.75 bits per heavy atom. The number of sulfonamides is 1. The summed E-state index contributed by atoms with van der Waals surface area (Å²) in [6.07, 6.45) is 4.06. The third-order valence-corrected chi connectivity index (χ3v) is 3.29. The molecule has 0 unspecified atom stereocenters. The highest BCUT2D eigenvalue weighted by atomic mass is 32.2. The van der Waals surface area contributed by atoms with E-state index in [1.807, 2.05) is 6.92 Å². The van der Waals surface area contributed by atoms with Crippen molar-refractivity contribution in [1.29, 1.82) is 0 Å². The van der Waals surface area contributed by atoms with Crippen molar-refractivity contribution in [1.82, 2.24) is 4.98 Å². The van der Waals surface area contributed by atoms with Crippen LogP contribution in [0.25, 0.3) is 0 Å². The molecule has 1 heterocycles. The van der Waals surface area contributed by atoms with Crippen LogP contribution in [0.5, 0.6) is 5.75 Å². The van der Waals surface area contributed by atoms with Crippen molar-refractivity contribution in [3.63, 3.8) is 0 Å². The summed E-state index contributed by atoms with van der Waals surface area (Å²) in [6, 6.07) is 1.65. The van der Waals surface area contributed by atoms with Crippen LogP contribution >= 0.6 is 0 Å². The number of aromatic nitrogens is 1. The second-order valence-corrected chi connectivity index (χ2v) is 5.37. The molecule has 88 valence electrons. The fourth-order valence-corrected chi connectivity index (χ4v) is 1.92. The van der Waals surface area contributed by atoms with Crippen molar-refractivity contribution in [2.75, 3.05) is 0 Å². The van der Waals surface area contributed by atoms with Crippen LogP contribution in [0.2, 0.25) is 0 Å². The van der Waals surface area contributed by atoms with Crippen LogP contribution in [0.15, 0.2) is 17.2 Å². The Morgan fingerprint density at radius 1 is 1.56 bits per heavy atom. The van der Waals surface area contributed by atoms with Crippen LogP contribution in [0.4, 0.5) is 0 Å². The van der Waals surface area contributed by atoms with Gasteiger partial charge in [-0.1, -0.05) is 6.92 Å². The van der Waals surface area contributed by atoms with Gasteiger partial charge in [-0.15, -0.1) is 0 Å². The summed E-state index contributed by atoms with van der Waals surface area (Å²) in [6.45, 7) is 1.94. The topological polar surface area (TPSA) is 82.3 Å². The fourth-order valence-electron chi connectivity index (χ4n) is 1.33. The van der Waals surface area contributed by atoms with E-state index in [2.05, 4.69) is 4.98 Å². The first-order valence-corrected chi connectivity index (χ1v) is 6.73. The molecule has 0 aromatic carbocycles. The average Bonchev–Trinajstić information content (AvgIpc) is 3.00. The van der Waals surface area contributed by atoms with E-state index in [1.165, 1.54) is 6.20 Å². The molecular weight excluding hydrogens is 228 g/mol. The summed E-state index contributed by atoms with van der Waals surface area (Å²) in [5, 5.41) is 5.10. The lowest BCUT2D eigenvalue weighted by Crippen LogP contribution is -2.15. The Balaban J connectivity index is 2.41. The fraction of sp³-hybridized carbons (Fsp3) is 0.500. The number of primary sulfonamides is 1. The Kier molecular flexibility index (Phi) is 2.86. The van der Waals surface area contributed by atoms with E-state index in [4.69, 9.17) is 9.88 Å². The zero-order chi connectivity index (χ0) is 11.8. The number of hydrogen-bond donors (Lipinski definition) is 1. The molecule has 0 bridgehead atoms. The number of hydrogen-bond acceptors (Lipinski definition) is 4. The summed E-state index contributed by atoms with van der Waals surface area (Å²) in [7, 11) is -3.76. The average molecular weight is 242 g/mol. The Hall–Kier alpha value is -1.14.